The molecule has 2 rings (SSSR count). The number of rotatable bonds is 6. The van der Waals surface area contributed by atoms with Crippen LogP contribution in [0, 0.1) is 24.7 Å². The highest BCUT2D eigenvalue weighted by molar-refractivity contribution is 9.10. The zero-order valence-electron chi connectivity index (χ0n) is 12.5. The maximum absolute atomic E-state index is 5.95. The van der Waals surface area contributed by atoms with Gasteiger partial charge in [-0.05, 0) is 23.3 Å². The minimum absolute atomic E-state index is 0.364. The van der Waals surface area contributed by atoms with Gasteiger partial charge in [-0.25, -0.2) is 0 Å². The molecule has 116 valence electrons. The van der Waals surface area contributed by atoms with E-state index in [1.807, 2.05) is 48.5 Å². The molecule has 2 aromatic rings. The molecular formula is C20H16Br2O. The molecule has 0 N–H and O–H groups in total. The highest BCUT2D eigenvalue weighted by Gasteiger charge is 2.16. The third kappa shape index (κ3) is 5.26. The average Bonchev–Trinajstić information content (AvgIpc) is 2.57. The second-order valence-electron chi connectivity index (χ2n) is 5.04. The third-order valence-corrected chi connectivity index (χ3v) is 4.97. The minimum atomic E-state index is -0.364. The Bertz CT molecular complexity index is 676. The van der Waals surface area contributed by atoms with Gasteiger partial charge in [0.1, 0.15) is 12.2 Å². The van der Waals surface area contributed by atoms with Crippen molar-refractivity contribution in [2.45, 2.75) is 25.0 Å². The fraction of sp³-hybridized carbons (Fsp3) is 0.200. The fourth-order valence-corrected chi connectivity index (χ4v) is 3.11. The summed E-state index contributed by atoms with van der Waals surface area (Å²) in [6.45, 7) is 0. The van der Waals surface area contributed by atoms with E-state index >= 15 is 0 Å². The number of ether oxygens (including phenoxy) is 1. The molecular weight excluding hydrogens is 416 g/mol. The minimum Gasteiger partial charge on any atom is -0.349 e. The molecule has 0 heterocycles. The molecule has 0 aliphatic heterocycles. The zero-order chi connectivity index (χ0) is 16.7. The van der Waals surface area contributed by atoms with Crippen molar-refractivity contribution < 1.29 is 4.74 Å². The largest absolute Gasteiger partial charge is 0.349 e. The molecule has 0 saturated heterocycles. The molecule has 0 aliphatic rings. The van der Waals surface area contributed by atoms with E-state index in [0.717, 1.165) is 20.1 Å². The van der Waals surface area contributed by atoms with E-state index in [4.69, 9.17) is 17.6 Å². The van der Waals surface area contributed by atoms with Crippen LogP contribution in [0.1, 0.15) is 11.1 Å². The van der Waals surface area contributed by atoms with Crippen molar-refractivity contribution in [3.63, 3.8) is 0 Å². The summed E-state index contributed by atoms with van der Waals surface area (Å²) in [5.41, 5.74) is 2.21. The highest BCUT2D eigenvalue weighted by Crippen LogP contribution is 2.21. The monoisotopic (exact) mass is 430 g/mol. The molecule has 0 spiro atoms. The number of hydrogen-bond acceptors (Lipinski definition) is 1. The first-order chi connectivity index (χ1) is 11.1. The van der Waals surface area contributed by atoms with Gasteiger partial charge in [0, 0.05) is 21.8 Å². The van der Waals surface area contributed by atoms with Crippen LogP contribution in [0.15, 0.2) is 57.5 Å². The Morgan fingerprint density at radius 2 is 1.17 bits per heavy atom. The van der Waals surface area contributed by atoms with Crippen molar-refractivity contribution in [2.75, 3.05) is 0 Å². The molecule has 0 radical (unpaired) electrons. The Morgan fingerprint density at radius 1 is 0.783 bits per heavy atom. The molecule has 23 heavy (non-hydrogen) atoms. The van der Waals surface area contributed by atoms with E-state index in [9.17, 15) is 0 Å². The second-order valence-corrected chi connectivity index (χ2v) is 6.75. The van der Waals surface area contributed by atoms with Gasteiger partial charge < -0.3 is 4.74 Å². The number of terminal acetylenes is 2. The maximum atomic E-state index is 5.95. The summed E-state index contributed by atoms with van der Waals surface area (Å²) in [6, 6.07) is 15.9. The summed E-state index contributed by atoms with van der Waals surface area (Å²) in [5, 5.41) is 0. The Balaban J connectivity index is 2.05. The van der Waals surface area contributed by atoms with E-state index < -0.39 is 0 Å². The fourth-order valence-electron chi connectivity index (χ4n) is 2.22. The van der Waals surface area contributed by atoms with Crippen molar-refractivity contribution >= 4 is 31.9 Å². The van der Waals surface area contributed by atoms with E-state index in [2.05, 4.69) is 43.7 Å². The van der Waals surface area contributed by atoms with Crippen LogP contribution < -0.4 is 0 Å². The lowest BCUT2D eigenvalue weighted by atomic mass is 10.1. The van der Waals surface area contributed by atoms with Gasteiger partial charge in [0.25, 0.3) is 0 Å². The molecule has 2 atom stereocenters. The van der Waals surface area contributed by atoms with E-state index in [1.165, 1.54) is 0 Å². The molecule has 0 saturated carbocycles. The molecule has 0 amide bonds. The number of halogens is 2. The van der Waals surface area contributed by atoms with Crippen LogP contribution in [0.2, 0.25) is 0 Å². The van der Waals surface area contributed by atoms with Crippen LogP contribution in [0.5, 0.6) is 0 Å². The van der Waals surface area contributed by atoms with Gasteiger partial charge in [0.05, 0.1) is 0 Å². The average molecular weight is 432 g/mol. The van der Waals surface area contributed by atoms with Crippen molar-refractivity contribution in [1.29, 1.82) is 0 Å². The van der Waals surface area contributed by atoms with Gasteiger partial charge in [-0.3, -0.25) is 0 Å². The van der Waals surface area contributed by atoms with Crippen molar-refractivity contribution in [2.24, 2.45) is 0 Å². The molecule has 2 unspecified atom stereocenters. The van der Waals surface area contributed by atoms with Gasteiger partial charge in [0.2, 0.25) is 0 Å². The number of benzene rings is 2. The van der Waals surface area contributed by atoms with E-state index in [-0.39, 0.29) is 12.2 Å². The van der Waals surface area contributed by atoms with Crippen LogP contribution >= 0.6 is 31.9 Å². The summed E-state index contributed by atoms with van der Waals surface area (Å²) < 4.78 is 7.99. The first kappa shape index (κ1) is 17.8. The lowest BCUT2D eigenvalue weighted by Gasteiger charge is -2.19. The summed E-state index contributed by atoms with van der Waals surface area (Å²) in [7, 11) is 0. The topological polar surface area (TPSA) is 9.23 Å². The van der Waals surface area contributed by atoms with E-state index in [1.54, 1.807) is 0 Å². The molecule has 0 aromatic heterocycles. The standard InChI is InChI=1S/C20H16Br2O/c1-3-17(13-15-9-5-7-11-19(15)21)23-18(4-2)14-16-10-6-8-12-20(16)22/h1-2,5-12,17-18H,13-14H2. The molecule has 1 nitrogen and oxygen atoms in total. The summed E-state index contributed by atoms with van der Waals surface area (Å²) in [6.07, 6.45) is 11.8. The second kappa shape index (κ2) is 8.94. The van der Waals surface area contributed by atoms with Crippen LogP contribution in [0.4, 0.5) is 0 Å². The van der Waals surface area contributed by atoms with Crippen molar-refractivity contribution in [3.8, 4) is 24.7 Å². The van der Waals surface area contributed by atoms with Crippen LogP contribution in [-0.4, -0.2) is 12.2 Å². The molecule has 0 bridgehead atoms. The van der Waals surface area contributed by atoms with Crippen LogP contribution in [0.3, 0.4) is 0 Å². The van der Waals surface area contributed by atoms with E-state index in [0.29, 0.717) is 12.8 Å². The predicted molar refractivity (Wildman–Crippen MR) is 102 cm³/mol. The summed E-state index contributed by atoms with van der Waals surface area (Å²) in [5.74, 6) is 5.39. The smallest absolute Gasteiger partial charge is 0.123 e. The normalized spacial score (nSPS) is 12.9. The Hall–Kier alpha value is -1.52. The van der Waals surface area contributed by atoms with Gasteiger partial charge in [-0.1, -0.05) is 80.1 Å². The third-order valence-electron chi connectivity index (χ3n) is 3.43. The van der Waals surface area contributed by atoms with Gasteiger partial charge in [-0.15, -0.1) is 12.8 Å². The molecule has 2 aromatic carbocycles. The molecule has 3 heteroatoms. The van der Waals surface area contributed by atoms with Crippen LogP contribution in [-0.2, 0) is 17.6 Å². The van der Waals surface area contributed by atoms with Crippen LogP contribution in [0.25, 0.3) is 0 Å². The predicted octanol–water partition coefficient (Wildman–Crippen LogP) is 5.02. The van der Waals surface area contributed by atoms with Crippen molar-refractivity contribution in [1.82, 2.24) is 0 Å². The lowest BCUT2D eigenvalue weighted by Crippen LogP contribution is -2.24. The van der Waals surface area contributed by atoms with Gasteiger partial charge >= 0.3 is 0 Å². The summed E-state index contributed by atoms with van der Waals surface area (Å²) in [4.78, 5) is 0. The highest BCUT2D eigenvalue weighted by atomic mass is 79.9. The quantitative estimate of drug-likeness (QED) is 0.583. The Labute approximate surface area is 154 Å². The van der Waals surface area contributed by atoms with Crippen molar-refractivity contribution in [3.05, 3.63) is 68.6 Å². The lowest BCUT2D eigenvalue weighted by molar-refractivity contribution is 0.0531. The Kier molecular flexibility index (Phi) is 6.93. The number of hydrogen-bond donors (Lipinski definition) is 0. The SMILES string of the molecule is C#CC(Cc1ccccc1Br)OC(C#C)Cc1ccccc1Br. The Morgan fingerprint density at radius 3 is 1.52 bits per heavy atom. The molecule has 0 aliphatic carbocycles. The van der Waals surface area contributed by atoms with Gasteiger partial charge in [-0.2, -0.15) is 0 Å². The first-order valence-corrected chi connectivity index (χ1v) is 8.77. The van der Waals surface area contributed by atoms with Gasteiger partial charge in [0.15, 0.2) is 0 Å². The summed E-state index contributed by atoms with van der Waals surface area (Å²) >= 11 is 7.06. The zero-order valence-corrected chi connectivity index (χ0v) is 15.7. The first-order valence-electron chi connectivity index (χ1n) is 7.18. The maximum Gasteiger partial charge on any atom is 0.123 e. The molecule has 0 fully saturated rings.